The molecular weight excluding hydrogens is 390 g/mol. The maximum atomic E-state index is 13.0. The van der Waals surface area contributed by atoms with Crippen LogP contribution in [0.3, 0.4) is 0 Å². The first-order valence-electron chi connectivity index (χ1n) is 10.2. The van der Waals surface area contributed by atoms with Gasteiger partial charge in [-0.3, -0.25) is 14.4 Å². The van der Waals surface area contributed by atoms with E-state index in [9.17, 15) is 19.5 Å². The minimum atomic E-state index is -0.636. The zero-order valence-electron chi connectivity index (χ0n) is 17.4. The molecule has 30 heavy (non-hydrogen) atoms. The number of rotatable bonds is 8. The number of piperazine rings is 1. The van der Waals surface area contributed by atoms with Crippen molar-refractivity contribution in [2.24, 2.45) is 5.92 Å². The molecule has 0 saturated carbocycles. The third kappa shape index (κ3) is 4.57. The average Bonchev–Trinajstić information content (AvgIpc) is 3.16. The number of hydrogen-bond donors (Lipinski definition) is 2. The number of nitrogens with zero attached hydrogens (tertiary/aromatic N) is 2. The number of nitrogens with one attached hydrogen (secondary N) is 1. The van der Waals surface area contributed by atoms with Crippen LogP contribution in [0, 0.1) is 5.92 Å². The third-order valence-corrected chi connectivity index (χ3v) is 5.68. The molecule has 3 rings (SSSR count). The Morgan fingerprint density at radius 3 is 2.63 bits per heavy atom. The van der Waals surface area contributed by atoms with E-state index in [1.165, 1.54) is 4.90 Å². The normalized spacial score (nSPS) is 23.3. The lowest BCUT2D eigenvalue weighted by atomic mass is 9.92. The Morgan fingerprint density at radius 1 is 1.27 bits per heavy atom. The number of methoxy groups -OCH3 is 1. The maximum Gasteiger partial charge on any atom is 0.248 e. The van der Waals surface area contributed by atoms with Crippen LogP contribution in [0.15, 0.2) is 24.3 Å². The lowest BCUT2D eigenvalue weighted by Crippen LogP contribution is -2.56. The lowest BCUT2D eigenvalue weighted by Gasteiger charge is -2.40. The Labute approximate surface area is 175 Å². The van der Waals surface area contributed by atoms with Crippen molar-refractivity contribution in [3.63, 3.8) is 0 Å². The fourth-order valence-corrected chi connectivity index (χ4v) is 4.30. The molecule has 0 radical (unpaired) electrons. The summed E-state index contributed by atoms with van der Waals surface area (Å²) < 4.78 is 10.5. The molecule has 164 valence electrons. The predicted octanol–water partition coefficient (Wildman–Crippen LogP) is -0.0594. The van der Waals surface area contributed by atoms with E-state index in [0.29, 0.717) is 38.5 Å². The summed E-state index contributed by atoms with van der Waals surface area (Å²) in [5.41, 5.74) is 0.846. The molecule has 0 unspecified atom stereocenters. The molecule has 9 heteroatoms. The van der Waals surface area contributed by atoms with Crippen molar-refractivity contribution < 1.29 is 29.0 Å². The number of fused-ring (bicyclic) bond motifs is 1. The van der Waals surface area contributed by atoms with Gasteiger partial charge >= 0.3 is 0 Å². The molecule has 2 aliphatic rings. The topological polar surface area (TPSA) is 108 Å². The van der Waals surface area contributed by atoms with E-state index in [1.807, 2.05) is 31.2 Å². The van der Waals surface area contributed by atoms with Crippen LogP contribution in [0.5, 0.6) is 5.75 Å². The minimum absolute atomic E-state index is 0.0960. The lowest BCUT2D eigenvalue weighted by molar-refractivity contribution is -0.150. The van der Waals surface area contributed by atoms with E-state index < -0.39 is 24.5 Å². The molecule has 2 fully saturated rings. The molecular formula is C21H29N3O6. The molecule has 2 N–H and O–H groups in total. The van der Waals surface area contributed by atoms with Crippen LogP contribution in [-0.4, -0.2) is 85.2 Å². The van der Waals surface area contributed by atoms with E-state index in [1.54, 1.807) is 12.0 Å². The first kappa shape index (κ1) is 22.0. The highest BCUT2D eigenvalue weighted by molar-refractivity contribution is 5.89. The molecule has 2 heterocycles. The standard InChI is InChI=1S/C21H29N3O6/c1-3-30-9-8-22-21(28)17-10-15-11-23(19(27)13-25)12-18(26)24(15)20(17)14-4-6-16(29-2)7-5-14/h4-7,15,17,20,25H,3,8-13H2,1-2H3,(H,22,28)/t15-,17-,20-/m0/s1. The van der Waals surface area contributed by atoms with Gasteiger partial charge in [-0.2, -0.15) is 0 Å². The van der Waals surface area contributed by atoms with Crippen molar-refractivity contribution in [1.29, 1.82) is 0 Å². The zero-order valence-corrected chi connectivity index (χ0v) is 17.4. The first-order valence-corrected chi connectivity index (χ1v) is 10.2. The highest BCUT2D eigenvalue weighted by atomic mass is 16.5. The van der Waals surface area contributed by atoms with Gasteiger partial charge in [0.1, 0.15) is 12.4 Å². The van der Waals surface area contributed by atoms with Crippen molar-refractivity contribution >= 4 is 17.7 Å². The van der Waals surface area contributed by atoms with Gasteiger partial charge in [-0.25, -0.2) is 0 Å². The summed E-state index contributed by atoms with van der Waals surface area (Å²) in [6.45, 7) is 2.86. The Kier molecular flexibility index (Phi) is 7.28. The van der Waals surface area contributed by atoms with Crippen LogP contribution in [0.4, 0.5) is 0 Å². The minimum Gasteiger partial charge on any atom is -0.497 e. The van der Waals surface area contributed by atoms with Gasteiger partial charge in [-0.15, -0.1) is 0 Å². The van der Waals surface area contributed by atoms with Gasteiger partial charge in [-0.1, -0.05) is 12.1 Å². The van der Waals surface area contributed by atoms with E-state index in [-0.39, 0.29) is 24.4 Å². The molecule has 2 saturated heterocycles. The SMILES string of the molecule is CCOCCNC(=O)[C@H]1C[C@H]2CN(C(=O)CO)CC(=O)N2[C@H]1c1ccc(OC)cc1. The van der Waals surface area contributed by atoms with Crippen LogP contribution in [0.1, 0.15) is 24.9 Å². The Balaban J connectivity index is 1.84. The predicted molar refractivity (Wildman–Crippen MR) is 108 cm³/mol. The van der Waals surface area contributed by atoms with Crippen molar-refractivity contribution in [1.82, 2.24) is 15.1 Å². The molecule has 0 aliphatic carbocycles. The number of ether oxygens (including phenoxy) is 2. The number of carbonyl (C=O) groups excluding carboxylic acids is 3. The van der Waals surface area contributed by atoms with Gasteiger partial charge in [0.05, 0.1) is 38.3 Å². The first-order chi connectivity index (χ1) is 14.5. The van der Waals surface area contributed by atoms with Crippen molar-refractivity contribution in [3.05, 3.63) is 29.8 Å². The molecule has 0 spiro atoms. The number of aliphatic hydroxyl groups is 1. The third-order valence-electron chi connectivity index (χ3n) is 5.68. The summed E-state index contributed by atoms with van der Waals surface area (Å²) >= 11 is 0. The van der Waals surface area contributed by atoms with Gasteiger partial charge in [0.2, 0.25) is 17.7 Å². The van der Waals surface area contributed by atoms with E-state index in [4.69, 9.17) is 9.47 Å². The Morgan fingerprint density at radius 2 is 2.00 bits per heavy atom. The van der Waals surface area contributed by atoms with Gasteiger partial charge in [-0.05, 0) is 31.0 Å². The number of carbonyl (C=O) groups is 3. The van der Waals surface area contributed by atoms with Gasteiger partial charge in [0.25, 0.3) is 0 Å². The fraction of sp³-hybridized carbons (Fsp3) is 0.571. The van der Waals surface area contributed by atoms with Crippen LogP contribution >= 0.6 is 0 Å². The Hall–Kier alpha value is -2.65. The van der Waals surface area contributed by atoms with E-state index >= 15 is 0 Å². The summed E-state index contributed by atoms with van der Waals surface area (Å²) in [6.07, 6.45) is 0.443. The summed E-state index contributed by atoms with van der Waals surface area (Å²) in [6, 6.07) is 6.64. The summed E-state index contributed by atoms with van der Waals surface area (Å²) in [4.78, 5) is 41.0. The average molecular weight is 419 g/mol. The van der Waals surface area contributed by atoms with Gasteiger partial charge < -0.3 is 29.7 Å². The number of benzene rings is 1. The number of hydrogen-bond acceptors (Lipinski definition) is 6. The number of amides is 3. The molecule has 0 aromatic heterocycles. The van der Waals surface area contributed by atoms with Crippen molar-refractivity contribution in [2.45, 2.75) is 25.4 Å². The molecule has 0 bridgehead atoms. The van der Waals surface area contributed by atoms with E-state index in [0.717, 1.165) is 5.56 Å². The largest absolute Gasteiger partial charge is 0.497 e. The smallest absolute Gasteiger partial charge is 0.248 e. The monoisotopic (exact) mass is 419 g/mol. The molecule has 1 aromatic carbocycles. The van der Waals surface area contributed by atoms with Crippen LogP contribution in [0.25, 0.3) is 0 Å². The molecule has 1 aromatic rings. The van der Waals surface area contributed by atoms with Crippen LogP contribution in [0.2, 0.25) is 0 Å². The van der Waals surface area contributed by atoms with E-state index in [2.05, 4.69) is 5.32 Å². The molecule has 2 aliphatic heterocycles. The van der Waals surface area contributed by atoms with Crippen molar-refractivity contribution in [2.75, 3.05) is 46.6 Å². The molecule has 3 amide bonds. The second-order valence-corrected chi connectivity index (χ2v) is 7.44. The second-order valence-electron chi connectivity index (χ2n) is 7.44. The highest BCUT2D eigenvalue weighted by Crippen LogP contribution is 2.43. The van der Waals surface area contributed by atoms with Gasteiger partial charge in [0, 0.05) is 19.7 Å². The zero-order chi connectivity index (χ0) is 21.7. The van der Waals surface area contributed by atoms with Crippen molar-refractivity contribution in [3.8, 4) is 5.75 Å². The van der Waals surface area contributed by atoms with Gasteiger partial charge in [0.15, 0.2) is 0 Å². The van der Waals surface area contributed by atoms with Crippen LogP contribution in [-0.2, 0) is 19.1 Å². The molecule has 9 nitrogen and oxygen atoms in total. The summed E-state index contributed by atoms with van der Waals surface area (Å²) in [5.74, 6) is -0.598. The molecule has 3 atom stereocenters. The Bertz CT molecular complexity index is 769. The maximum absolute atomic E-state index is 13.0. The number of aliphatic hydroxyl groups excluding tert-OH is 1. The quantitative estimate of drug-likeness (QED) is 0.572. The summed E-state index contributed by atoms with van der Waals surface area (Å²) in [7, 11) is 1.58. The van der Waals surface area contributed by atoms with Crippen LogP contribution < -0.4 is 10.1 Å². The second kappa shape index (κ2) is 9.90. The fourth-order valence-electron chi connectivity index (χ4n) is 4.30. The summed E-state index contributed by atoms with van der Waals surface area (Å²) in [5, 5.41) is 12.1. The highest BCUT2D eigenvalue weighted by Gasteiger charge is 2.50.